The van der Waals surface area contributed by atoms with Crippen LogP contribution >= 0.6 is 22.9 Å². The van der Waals surface area contributed by atoms with Gasteiger partial charge in [0.1, 0.15) is 21.3 Å². The summed E-state index contributed by atoms with van der Waals surface area (Å²) in [4.78, 5) is 24.9. The summed E-state index contributed by atoms with van der Waals surface area (Å²) in [5.41, 5.74) is 2.02. The van der Waals surface area contributed by atoms with E-state index in [0.717, 1.165) is 24.7 Å². The average Bonchev–Trinajstić information content (AvgIpc) is 3.49. The molecular weight excluding hydrogens is 506 g/mol. The van der Waals surface area contributed by atoms with Gasteiger partial charge in [0.05, 0.1) is 11.8 Å². The van der Waals surface area contributed by atoms with E-state index in [1.54, 1.807) is 35.8 Å². The van der Waals surface area contributed by atoms with E-state index >= 15 is 0 Å². The first-order chi connectivity index (χ1) is 16.6. The highest BCUT2D eigenvalue weighted by Gasteiger charge is 2.55. The molecule has 178 valence electrons. The average molecular weight is 526 g/mol. The SMILES string of the molecule is [C-]#[N+]C1(c2ncccc2-c2ccc([C@H](CS(C)(=O)=O)NC(=O)Nc3csc(C#C)n3)cc2Cl)CC1. The molecule has 0 bridgehead atoms. The molecule has 0 aliphatic heterocycles. The second kappa shape index (κ2) is 9.67. The number of hydrogen-bond acceptors (Lipinski definition) is 6. The number of amides is 2. The first-order valence-electron chi connectivity index (χ1n) is 10.5. The summed E-state index contributed by atoms with van der Waals surface area (Å²) in [6.45, 7) is 7.59. The van der Waals surface area contributed by atoms with Crippen molar-refractivity contribution in [1.29, 1.82) is 0 Å². The lowest BCUT2D eigenvalue weighted by molar-refractivity contribution is 0.249. The maximum absolute atomic E-state index is 12.6. The summed E-state index contributed by atoms with van der Waals surface area (Å²) < 4.78 is 24.2. The first kappa shape index (κ1) is 24.7. The Morgan fingerprint density at radius 2 is 2.14 bits per heavy atom. The molecule has 8 nitrogen and oxygen atoms in total. The lowest BCUT2D eigenvalue weighted by Crippen LogP contribution is -2.36. The van der Waals surface area contributed by atoms with Crippen molar-refractivity contribution in [3.05, 3.63) is 74.6 Å². The number of aromatic nitrogens is 2. The number of hydrogen-bond donors (Lipinski definition) is 2. The number of carbonyl (C=O) groups is 1. The Morgan fingerprint density at radius 3 is 2.74 bits per heavy atom. The van der Waals surface area contributed by atoms with Gasteiger partial charge in [-0.3, -0.25) is 10.3 Å². The molecule has 2 N–H and O–H groups in total. The molecule has 2 aromatic heterocycles. The molecule has 3 aromatic rings. The zero-order chi connectivity index (χ0) is 25.2. The largest absolute Gasteiger partial charge is 0.330 e. The monoisotopic (exact) mass is 525 g/mol. The number of carbonyl (C=O) groups excluding carboxylic acids is 1. The molecule has 4 rings (SSSR count). The van der Waals surface area contributed by atoms with E-state index in [9.17, 15) is 13.2 Å². The van der Waals surface area contributed by atoms with Crippen LogP contribution in [0, 0.1) is 18.9 Å². The van der Waals surface area contributed by atoms with Crippen LogP contribution in [-0.2, 0) is 15.4 Å². The summed E-state index contributed by atoms with van der Waals surface area (Å²) in [5.74, 6) is 2.32. The fourth-order valence-electron chi connectivity index (χ4n) is 3.71. The topological polar surface area (TPSA) is 105 Å². The molecule has 0 radical (unpaired) electrons. The van der Waals surface area contributed by atoms with E-state index in [0.29, 0.717) is 26.9 Å². The third-order valence-corrected chi connectivity index (χ3v) is 7.54. The van der Waals surface area contributed by atoms with Crippen molar-refractivity contribution in [3.63, 3.8) is 0 Å². The molecule has 11 heteroatoms. The number of anilines is 1. The van der Waals surface area contributed by atoms with Crippen LogP contribution in [-0.4, -0.2) is 36.4 Å². The molecule has 1 aliphatic carbocycles. The van der Waals surface area contributed by atoms with Gasteiger partial charge in [-0.25, -0.2) is 24.8 Å². The van der Waals surface area contributed by atoms with Crippen molar-refractivity contribution in [2.75, 3.05) is 17.3 Å². The summed E-state index contributed by atoms with van der Waals surface area (Å²) in [6.07, 6.45) is 9.54. The number of rotatable bonds is 7. The number of urea groups is 1. The van der Waals surface area contributed by atoms with Crippen LogP contribution < -0.4 is 10.6 Å². The summed E-state index contributed by atoms with van der Waals surface area (Å²) >= 11 is 7.84. The summed E-state index contributed by atoms with van der Waals surface area (Å²) in [5, 5.41) is 7.60. The second-order valence-corrected chi connectivity index (χ2v) is 11.7. The third-order valence-electron chi connectivity index (χ3n) is 5.52. The Morgan fingerprint density at radius 1 is 1.37 bits per heavy atom. The van der Waals surface area contributed by atoms with E-state index in [4.69, 9.17) is 24.6 Å². The quantitative estimate of drug-likeness (QED) is 0.345. The number of nitrogens with zero attached hydrogens (tertiary/aromatic N) is 3. The zero-order valence-electron chi connectivity index (χ0n) is 18.6. The normalized spacial score (nSPS) is 14.9. The maximum atomic E-state index is 12.6. The first-order valence-corrected chi connectivity index (χ1v) is 13.8. The molecule has 35 heavy (non-hydrogen) atoms. The standard InChI is InChI=1S/C24H20ClN5O3S2/c1-4-21-29-20(13-34-21)30-23(31)28-19(14-35(3,32)33)15-7-8-16(18(25)12-15)17-6-5-11-27-22(17)24(26-2)9-10-24/h1,5-8,11-13,19H,9-10,14H2,3H3,(H2,28,30,31)/t19-/m0/s1. The van der Waals surface area contributed by atoms with Gasteiger partial charge in [-0.15, -0.1) is 17.8 Å². The highest BCUT2D eigenvalue weighted by Crippen LogP contribution is 2.52. The fraction of sp³-hybridized carbons (Fsp3) is 0.250. The molecule has 1 fully saturated rings. The molecule has 1 aromatic carbocycles. The van der Waals surface area contributed by atoms with E-state index in [-0.39, 0.29) is 11.6 Å². The van der Waals surface area contributed by atoms with Gasteiger partial charge < -0.3 is 10.2 Å². The van der Waals surface area contributed by atoms with Crippen LogP contribution in [0.2, 0.25) is 5.02 Å². The predicted octanol–water partition coefficient (Wildman–Crippen LogP) is 4.66. The zero-order valence-corrected chi connectivity index (χ0v) is 21.0. The van der Waals surface area contributed by atoms with Gasteiger partial charge in [-0.2, -0.15) is 0 Å². The molecular formula is C24H20ClN5O3S2. The van der Waals surface area contributed by atoms with Gasteiger partial charge in [-0.1, -0.05) is 29.8 Å². The molecule has 2 amide bonds. The van der Waals surface area contributed by atoms with Crippen LogP contribution in [0.4, 0.5) is 10.6 Å². The van der Waals surface area contributed by atoms with Crippen molar-refractivity contribution in [2.24, 2.45) is 0 Å². The van der Waals surface area contributed by atoms with Gasteiger partial charge in [-0.05, 0) is 23.6 Å². The number of nitrogens with one attached hydrogen (secondary N) is 2. The van der Waals surface area contributed by atoms with E-state index in [2.05, 4.69) is 31.4 Å². The number of terminal acetylenes is 1. The molecule has 0 unspecified atom stereocenters. The smallest absolute Gasteiger partial charge is 0.320 e. The minimum atomic E-state index is -3.46. The molecule has 2 heterocycles. The van der Waals surface area contributed by atoms with E-state index in [1.807, 2.05) is 6.07 Å². The van der Waals surface area contributed by atoms with Crippen molar-refractivity contribution in [1.82, 2.24) is 15.3 Å². The third kappa shape index (κ3) is 5.63. The second-order valence-electron chi connectivity index (χ2n) is 8.21. The summed E-state index contributed by atoms with van der Waals surface area (Å²) in [7, 11) is -3.46. The molecule has 1 saturated carbocycles. The number of benzene rings is 1. The van der Waals surface area contributed by atoms with Crippen LogP contribution in [0.5, 0.6) is 0 Å². The fourth-order valence-corrected chi connectivity index (χ4v) is 5.44. The maximum Gasteiger partial charge on any atom is 0.320 e. The van der Waals surface area contributed by atoms with Crippen LogP contribution in [0.25, 0.3) is 16.0 Å². The van der Waals surface area contributed by atoms with E-state index in [1.165, 1.54) is 11.3 Å². The molecule has 1 atom stereocenters. The van der Waals surface area contributed by atoms with Crippen molar-refractivity contribution in [3.8, 4) is 23.5 Å². The van der Waals surface area contributed by atoms with Crippen LogP contribution in [0.1, 0.15) is 35.1 Å². The predicted molar refractivity (Wildman–Crippen MR) is 137 cm³/mol. The van der Waals surface area contributed by atoms with Gasteiger partial charge in [0.2, 0.25) is 0 Å². The Hall–Kier alpha value is -3.44. The lowest BCUT2D eigenvalue weighted by atomic mass is 9.96. The van der Waals surface area contributed by atoms with Gasteiger partial charge in [0.15, 0.2) is 5.01 Å². The minimum absolute atomic E-state index is 0.268. The van der Waals surface area contributed by atoms with Crippen LogP contribution in [0.15, 0.2) is 41.9 Å². The van der Waals surface area contributed by atoms with Crippen LogP contribution in [0.3, 0.4) is 0 Å². The highest BCUT2D eigenvalue weighted by atomic mass is 35.5. The number of pyridine rings is 1. The van der Waals surface area contributed by atoms with Crippen molar-refractivity contribution < 1.29 is 13.2 Å². The molecule has 0 spiro atoms. The van der Waals surface area contributed by atoms with Gasteiger partial charge in [0, 0.05) is 46.8 Å². The molecule has 0 saturated heterocycles. The Labute approximate surface area is 212 Å². The number of thiazole rings is 1. The Bertz CT molecular complexity index is 1480. The Balaban J connectivity index is 1.62. The summed E-state index contributed by atoms with van der Waals surface area (Å²) in [6, 6.07) is 7.25. The van der Waals surface area contributed by atoms with Gasteiger partial charge in [0.25, 0.3) is 5.54 Å². The van der Waals surface area contributed by atoms with Crippen molar-refractivity contribution in [2.45, 2.75) is 24.4 Å². The Kier molecular flexibility index (Phi) is 6.82. The minimum Gasteiger partial charge on any atom is -0.330 e. The van der Waals surface area contributed by atoms with Crippen molar-refractivity contribution >= 4 is 44.6 Å². The lowest BCUT2D eigenvalue weighted by Gasteiger charge is -2.20. The number of halogens is 1. The van der Waals surface area contributed by atoms with Gasteiger partial charge >= 0.3 is 6.03 Å². The highest BCUT2D eigenvalue weighted by molar-refractivity contribution is 7.90. The number of sulfone groups is 1. The van der Waals surface area contributed by atoms with E-state index < -0.39 is 27.4 Å². The molecule has 1 aliphatic rings.